The Balaban J connectivity index is 2.78. The predicted octanol–water partition coefficient (Wildman–Crippen LogP) is 3.40. The van der Waals surface area contributed by atoms with Crippen molar-refractivity contribution in [3.63, 3.8) is 0 Å². The lowest BCUT2D eigenvalue weighted by atomic mass is 10.0. The zero-order chi connectivity index (χ0) is 13.5. The van der Waals surface area contributed by atoms with E-state index in [1.165, 1.54) is 6.42 Å². The first-order valence-corrected chi connectivity index (χ1v) is 6.57. The first kappa shape index (κ1) is 14.8. The molecule has 2 atom stereocenters. The summed E-state index contributed by atoms with van der Waals surface area (Å²) in [6.45, 7) is 7.63. The van der Waals surface area contributed by atoms with Crippen LogP contribution in [0, 0.1) is 5.92 Å². The van der Waals surface area contributed by atoms with Gasteiger partial charge in [-0.1, -0.05) is 20.3 Å². The molecular weight excluding hydrogens is 226 g/mol. The van der Waals surface area contributed by atoms with Gasteiger partial charge in [0.15, 0.2) is 0 Å². The maximum absolute atomic E-state index is 5.40. The summed E-state index contributed by atoms with van der Waals surface area (Å²) in [5, 5.41) is 3.54. The minimum atomic E-state index is 0.254. The average Bonchev–Trinajstić information content (AvgIpc) is 2.43. The molecule has 3 heteroatoms. The van der Waals surface area contributed by atoms with Crippen LogP contribution in [0.1, 0.15) is 38.8 Å². The molecule has 1 aromatic rings. The van der Waals surface area contributed by atoms with E-state index in [9.17, 15) is 0 Å². The highest BCUT2D eigenvalue weighted by Crippen LogP contribution is 2.29. The second-order valence-corrected chi connectivity index (χ2v) is 4.75. The summed E-state index contributed by atoms with van der Waals surface area (Å²) in [6.07, 6.45) is 1.19. The lowest BCUT2D eigenvalue weighted by molar-refractivity contribution is 0.387. The van der Waals surface area contributed by atoms with Crippen LogP contribution in [0.15, 0.2) is 18.2 Å². The molecule has 0 aromatic heterocycles. The molecule has 0 amide bonds. The third-order valence-electron chi connectivity index (χ3n) is 3.37. The van der Waals surface area contributed by atoms with Crippen molar-refractivity contribution >= 4 is 0 Å². The first-order chi connectivity index (χ1) is 8.62. The van der Waals surface area contributed by atoms with E-state index in [1.54, 1.807) is 14.2 Å². The lowest BCUT2D eigenvalue weighted by Gasteiger charge is -2.20. The van der Waals surface area contributed by atoms with E-state index >= 15 is 0 Å². The molecule has 3 nitrogen and oxygen atoms in total. The van der Waals surface area contributed by atoms with E-state index in [0.717, 1.165) is 23.6 Å². The quantitative estimate of drug-likeness (QED) is 0.805. The van der Waals surface area contributed by atoms with Crippen LogP contribution in [0.3, 0.4) is 0 Å². The SMILES string of the molecule is CCC(C)CNC(C)c1cc(OC)ccc1OC. The molecule has 0 aliphatic heterocycles. The summed E-state index contributed by atoms with van der Waals surface area (Å²) in [5.41, 5.74) is 1.14. The van der Waals surface area contributed by atoms with Crippen LogP contribution < -0.4 is 14.8 Å². The third kappa shape index (κ3) is 3.91. The number of benzene rings is 1. The molecule has 18 heavy (non-hydrogen) atoms. The van der Waals surface area contributed by atoms with Gasteiger partial charge in [0.25, 0.3) is 0 Å². The van der Waals surface area contributed by atoms with Gasteiger partial charge in [0.1, 0.15) is 11.5 Å². The third-order valence-corrected chi connectivity index (χ3v) is 3.37. The lowest BCUT2D eigenvalue weighted by Crippen LogP contribution is -2.24. The Morgan fingerprint density at radius 1 is 1.17 bits per heavy atom. The van der Waals surface area contributed by atoms with E-state index in [0.29, 0.717) is 5.92 Å². The topological polar surface area (TPSA) is 30.5 Å². The summed E-state index contributed by atoms with van der Waals surface area (Å²) < 4.78 is 10.7. The van der Waals surface area contributed by atoms with Crippen molar-refractivity contribution < 1.29 is 9.47 Å². The molecule has 1 N–H and O–H groups in total. The van der Waals surface area contributed by atoms with Crippen molar-refractivity contribution in [2.45, 2.75) is 33.2 Å². The van der Waals surface area contributed by atoms with Crippen LogP contribution in [0.25, 0.3) is 0 Å². The molecule has 0 aliphatic rings. The molecule has 0 radical (unpaired) electrons. The first-order valence-electron chi connectivity index (χ1n) is 6.57. The minimum absolute atomic E-state index is 0.254. The average molecular weight is 251 g/mol. The van der Waals surface area contributed by atoms with Gasteiger partial charge < -0.3 is 14.8 Å². The number of nitrogens with one attached hydrogen (secondary N) is 1. The number of rotatable bonds is 7. The Morgan fingerprint density at radius 2 is 1.89 bits per heavy atom. The van der Waals surface area contributed by atoms with Gasteiger partial charge in [-0.15, -0.1) is 0 Å². The van der Waals surface area contributed by atoms with Gasteiger partial charge >= 0.3 is 0 Å². The van der Waals surface area contributed by atoms with Gasteiger partial charge in [-0.25, -0.2) is 0 Å². The monoisotopic (exact) mass is 251 g/mol. The Morgan fingerprint density at radius 3 is 2.44 bits per heavy atom. The molecule has 0 saturated carbocycles. The Labute approximate surface area is 110 Å². The minimum Gasteiger partial charge on any atom is -0.497 e. The van der Waals surface area contributed by atoms with Crippen LogP contribution in [0.2, 0.25) is 0 Å². The fourth-order valence-electron chi connectivity index (χ4n) is 1.81. The summed E-state index contributed by atoms with van der Waals surface area (Å²) >= 11 is 0. The van der Waals surface area contributed by atoms with Gasteiger partial charge in [-0.05, 0) is 37.6 Å². The zero-order valence-electron chi connectivity index (χ0n) is 12.1. The molecule has 1 rings (SSSR count). The van der Waals surface area contributed by atoms with Crippen molar-refractivity contribution in [3.05, 3.63) is 23.8 Å². The number of hydrogen-bond donors (Lipinski definition) is 1. The largest absolute Gasteiger partial charge is 0.497 e. The molecule has 0 bridgehead atoms. The van der Waals surface area contributed by atoms with Gasteiger partial charge in [0.2, 0.25) is 0 Å². The molecule has 102 valence electrons. The molecular formula is C15H25NO2. The Kier molecular flexibility index (Phi) is 5.99. The summed E-state index contributed by atoms with van der Waals surface area (Å²) in [5.74, 6) is 2.45. The van der Waals surface area contributed by atoms with Crippen molar-refractivity contribution in [1.29, 1.82) is 0 Å². The molecule has 0 fully saturated rings. The number of hydrogen-bond acceptors (Lipinski definition) is 3. The normalized spacial score (nSPS) is 14.1. The van der Waals surface area contributed by atoms with Crippen LogP contribution >= 0.6 is 0 Å². The van der Waals surface area contributed by atoms with E-state index in [2.05, 4.69) is 26.1 Å². The molecule has 0 saturated heterocycles. The Hall–Kier alpha value is -1.22. The highest BCUT2D eigenvalue weighted by atomic mass is 16.5. The maximum atomic E-state index is 5.40. The summed E-state index contributed by atoms with van der Waals surface area (Å²) in [6, 6.07) is 6.16. The van der Waals surface area contributed by atoms with Crippen molar-refractivity contribution in [2.75, 3.05) is 20.8 Å². The van der Waals surface area contributed by atoms with Gasteiger partial charge in [-0.3, -0.25) is 0 Å². The van der Waals surface area contributed by atoms with Crippen LogP contribution in [0.4, 0.5) is 0 Å². The number of methoxy groups -OCH3 is 2. The smallest absolute Gasteiger partial charge is 0.123 e. The second kappa shape index (κ2) is 7.27. The zero-order valence-corrected chi connectivity index (χ0v) is 12.1. The van der Waals surface area contributed by atoms with E-state index in [1.807, 2.05) is 18.2 Å². The van der Waals surface area contributed by atoms with Crippen LogP contribution in [0.5, 0.6) is 11.5 Å². The molecule has 2 unspecified atom stereocenters. The van der Waals surface area contributed by atoms with Crippen LogP contribution in [-0.2, 0) is 0 Å². The number of ether oxygens (including phenoxy) is 2. The summed E-state index contributed by atoms with van der Waals surface area (Å²) in [4.78, 5) is 0. The van der Waals surface area contributed by atoms with E-state index in [-0.39, 0.29) is 6.04 Å². The Bertz CT molecular complexity index is 366. The predicted molar refractivity (Wildman–Crippen MR) is 75.4 cm³/mol. The molecule has 0 heterocycles. The maximum Gasteiger partial charge on any atom is 0.123 e. The second-order valence-electron chi connectivity index (χ2n) is 4.75. The van der Waals surface area contributed by atoms with E-state index in [4.69, 9.17) is 9.47 Å². The molecule has 0 aliphatic carbocycles. The van der Waals surface area contributed by atoms with E-state index < -0.39 is 0 Å². The van der Waals surface area contributed by atoms with Crippen LogP contribution in [-0.4, -0.2) is 20.8 Å². The fraction of sp³-hybridized carbons (Fsp3) is 0.600. The highest BCUT2D eigenvalue weighted by Gasteiger charge is 2.13. The standard InChI is InChI=1S/C15H25NO2/c1-6-11(2)10-16-12(3)14-9-13(17-4)7-8-15(14)18-5/h7-9,11-12,16H,6,10H2,1-5H3. The highest BCUT2D eigenvalue weighted by molar-refractivity contribution is 5.42. The molecule has 0 spiro atoms. The van der Waals surface area contributed by atoms with Crippen molar-refractivity contribution in [2.24, 2.45) is 5.92 Å². The van der Waals surface area contributed by atoms with Gasteiger partial charge in [-0.2, -0.15) is 0 Å². The van der Waals surface area contributed by atoms with Crippen molar-refractivity contribution in [3.8, 4) is 11.5 Å². The summed E-state index contributed by atoms with van der Waals surface area (Å²) in [7, 11) is 3.38. The van der Waals surface area contributed by atoms with Gasteiger partial charge in [0.05, 0.1) is 14.2 Å². The fourth-order valence-corrected chi connectivity index (χ4v) is 1.81. The van der Waals surface area contributed by atoms with Gasteiger partial charge in [0, 0.05) is 11.6 Å². The van der Waals surface area contributed by atoms with Crippen molar-refractivity contribution in [1.82, 2.24) is 5.32 Å². The molecule has 1 aromatic carbocycles.